The molecule has 3 aliphatic rings. The van der Waals surface area contributed by atoms with Gasteiger partial charge in [0.15, 0.2) is 0 Å². The summed E-state index contributed by atoms with van der Waals surface area (Å²) in [5.74, 6) is 0. The molecule has 6 nitrogen and oxygen atoms in total. The highest BCUT2D eigenvalue weighted by molar-refractivity contribution is 9.10. The van der Waals surface area contributed by atoms with Crippen molar-refractivity contribution in [2.45, 2.75) is 8.65 Å². The van der Waals surface area contributed by atoms with Gasteiger partial charge < -0.3 is 0 Å². The van der Waals surface area contributed by atoms with Crippen LogP contribution in [0.1, 0.15) is 33.4 Å². The summed E-state index contributed by atoms with van der Waals surface area (Å²) in [6, 6.07) is 18.2. The maximum atomic E-state index is 12.0. The van der Waals surface area contributed by atoms with Crippen LogP contribution >= 0.6 is 31.9 Å². The molecule has 3 aromatic rings. The summed E-state index contributed by atoms with van der Waals surface area (Å²) in [6.45, 7) is 0. The highest BCUT2D eigenvalue weighted by Gasteiger charge is 2.60. The molecule has 0 spiro atoms. The highest BCUT2D eigenvalue weighted by atomic mass is 79.9. The van der Waals surface area contributed by atoms with Crippen LogP contribution in [0, 0.1) is 20.2 Å². The highest BCUT2D eigenvalue weighted by Crippen LogP contribution is 2.68. The predicted octanol–water partition coefficient (Wildman–Crippen LogP) is 5.50. The molecule has 0 atom stereocenters. The van der Waals surface area contributed by atoms with E-state index in [0.29, 0.717) is 11.1 Å². The zero-order valence-electron chi connectivity index (χ0n) is 14.1. The smallest absolute Gasteiger partial charge is 0.258 e. The molecule has 3 aromatic carbocycles. The third-order valence-corrected chi connectivity index (χ3v) is 8.12. The van der Waals surface area contributed by atoms with Crippen LogP contribution in [-0.4, -0.2) is 9.85 Å². The first-order valence-corrected chi connectivity index (χ1v) is 9.96. The van der Waals surface area contributed by atoms with Crippen LogP contribution in [0.4, 0.5) is 11.4 Å². The number of halogens is 2. The van der Waals surface area contributed by atoms with Gasteiger partial charge in [0, 0.05) is 6.07 Å². The van der Waals surface area contributed by atoms with Crippen molar-refractivity contribution >= 4 is 43.2 Å². The Morgan fingerprint density at radius 2 is 1.11 bits per heavy atom. The molecule has 0 aromatic heterocycles. The fourth-order valence-electron chi connectivity index (χ4n) is 4.57. The number of alkyl halides is 2. The Kier molecular flexibility index (Phi) is 3.43. The van der Waals surface area contributed by atoms with Gasteiger partial charge >= 0.3 is 11.4 Å². The van der Waals surface area contributed by atoms with Gasteiger partial charge in [-0.3, -0.25) is 20.2 Å². The third-order valence-electron chi connectivity index (χ3n) is 5.59. The molecule has 0 amide bonds. The number of nitro benzene ring substituents is 2. The van der Waals surface area contributed by atoms with Gasteiger partial charge in [-0.15, -0.1) is 0 Å². The van der Waals surface area contributed by atoms with Gasteiger partial charge in [0.2, 0.25) is 0 Å². The van der Waals surface area contributed by atoms with Crippen LogP contribution in [0.5, 0.6) is 0 Å². The molecule has 0 fully saturated rings. The van der Waals surface area contributed by atoms with Gasteiger partial charge in [-0.05, 0) is 33.9 Å². The van der Waals surface area contributed by atoms with Crippen LogP contribution in [0.15, 0.2) is 60.7 Å². The molecule has 0 radical (unpaired) electrons. The molecule has 6 rings (SSSR count). The van der Waals surface area contributed by atoms with Crippen molar-refractivity contribution in [1.82, 2.24) is 0 Å². The normalized spacial score (nSPS) is 23.5. The molecular weight excluding hydrogens is 492 g/mol. The molecule has 0 heterocycles. The second-order valence-corrected chi connectivity index (χ2v) is 9.16. The number of hydrogen-bond acceptors (Lipinski definition) is 4. The van der Waals surface area contributed by atoms with Gasteiger partial charge in [0.1, 0.15) is 8.65 Å². The Morgan fingerprint density at radius 3 is 1.54 bits per heavy atom. The van der Waals surface area contributed by atoms with Crippen molar-refractivity contribution in [3.63, 3.8) is 0 Å². The van der Waals surface area contributed by atoms with Crippen molar-refractivity contribution in [1.29, 1.82) is 0 Å². The minimum atomic E-state index is -1.06. The van der Waals surface area contributed by atoms with Crippen molar-refractivity contribution in [3.8, 4) is 0 Å². The lowest BCUT2D eigenvalue weighted by molar-refractivity contribution is -0.423. The van der Waals surface area contributed by atoms with E-state index in [0.717, 1.165) is 22.3 Å². The second-order valence-electron chi connectivity index (χ2n) is 6.78. The Balaban J connectivity index is 2.05. The quantitative estimate of drug-likeness (QED) is 0.263. The van der Waals surface area contributed by atoms with E-state index >= 15 is 0 Å². The molecule has 0 unspecified atom stereocenters. The van der Waals surface area contributed by atoms with Crippen molar-refractivity contribution in [2.75, 3.05) is 0 Å². The molecule has 0 N–H and O–H groups in total. The van der Waals surface area contributed by atoms with Crippen molar-refractivity contribution in [3.05, 3.63) is 114 Å². The molecule has 2 bridgehead atoms. The first-order valence-electron chi connectivity index (χ1n) is 8.37. The summed E-state index contributed by atoms with van der Waals surface area (Å²) in [5, 5.41) is 23.6. The number of rotatable bonds is 2. The number of nitro groups is 2. The molecule has 0 aliphatic heterocycles. The molecule has 8 heteroatoms. The fourth-order valence-corrected chi connectivity index (χ4v) is 6.68. The molecule has 0 saturated carbocycles. The van der Waals surface area contributed by atoms with E-state index in [4.69, 9.17) is 0 Å². The minimum Gasteiger partial charge on any atom is -0.258 e. The van der Waals surface area contributed by atoms with Gasteiger partial charge in [-0.25, -0.2) is 0 Å². The van der Waals surface area contributed by atoms with E-state index in [2.05, 4.69) is 31.9 Å². The zero-order valence-corrected chi connectivity index (χ0v) is 17.2. The fraction of sp³-hybridized carbons (Fsp3) is 0.100. The second kappa shape index (κ2) is 5.48. The Bertz CT molecular complexity index is 1180. The van der Waals surface area contributed by atoms with Crippen LogP contribution in [-0.2, 0) is 8.65 Å². The van der Waals surface area contributed by atoms with Gasteiger partial charge in [-0.2, -0.15) is 0 Å². The summed E-state index contributed by atoms with van der Waals surface area (Å²) >= 11 is 7.69. The van der Waals surface area contributed by atoms with E-state index in [1.54, 1.807) is 6.07 Å². The summed E-state index contributed by atoms with van der Waals surface area (Å²) in [6.07, 6.45) is 0. The third kappa shape index (κ3) is 1.82. The predicted molar refractivity (Wildman–Crippen MR) is 110 cm³/mol. The van der Waals surface area contributed by atoms with Crippen LogP contribution in [0.3, 0.4) is 0 Å². The van der Waals surface area contributed by atoms with E-state index in [1.165, 1.54) is 6.07 Å². The average molecular weight is 502 g/mol. The maximum Gasteiger partial charge on any atom is 0.351 e. The standard InChI is InChI=1S/C20H10Br2N2O4/c21-19-11-5-1-3-7-13(11)20(22,14-8-4-2-6-12(14)19)17-15(19)9-10-16(23(25)26)18(17)24(27)28/h1-10H. The first-order chi connectivity index (χ1) is 13.3. The summed E-state index contributed by atoms with van der Waals surface area (Å²) in [7, 11) is 0. The zero-order chi connectivity index (χ0) is 19.8. The number of hydrogen-bond donors (Lipinski definition) is 0. The summed E-state index contributed by atoms with van der Waals surface area (Å²) in [4.78, 5) is 22.2. The average Bonchev–Trinajstić information content (AvgIpc) is 2.70. The van der Waals surface area contributed by atoms with E-state index < -0.39 is 29.9 Å². The first kappa shape index (κ1) is 17.5. The number of nitrogens with zero attached hydrogens (tertiary/aromatic N) is 2. The topological polar surface area (TPSA) is 86.3 Å². The molecule has 28 heavy (non-hydrogen) atoms. The van der Waals surface area contributed by atoms with Crippen molar-refractivity contribution in [2.24, 2.45) is 0 Å². The van der Waals surface area contributed by atoms with E-state index in [9.17, 15) is 20.2 Å². The van der Waals surface area contributed by atoms with E-state index in [-0.39, 0.29) is 0 Å². The molecule has 3 aliphatic carbocycles. The van der Waals surface area contributed by atoms with Crippen LogP contribution in [0.2, 0.25) is 0 Å². The van der Waals surface area contributed by atoms with Crippen LogP contribution < -0.4 is 0 Å². The lowest BCUT2D eigenvalue weighted by Crippen LogP contribution is -2.45. The van der Waals surface area contributed by atoms with Crippen molar-refractivity contribution < 1.29 is 9.85 Å². The number of benzene rings is 3. The molecular formula is C20H10Br2N2O4. The Morgan fingerprint density at radius 1 is 0.643 bits per heavy atom. The van der Waals surface area contributed by atoms with Gasteiger partial charge in [0.25, 0.3) is 0 Å². The van der Waals surface area contributed by atoms with E-state index in [1.807, 2.05) is 48.5 Å². The SMILES string of the molecule is O=[N+]([O-])c1ccc2c(c1[N+](=O)[O-])C1(Br)c3ccccc3C2(Br)c2ccccc21. The summed E-state index contributed by atoms with van der Waals surface area (Å²) < 4.78 is -1.88. The molecule has 138 valence electrons. The monoisotopic (exact) mass is 500 g/mol. The minimum absolute atomic E-state index is 0.306. The molecule has 0 saturated heterocycles. The van der Waals surface area contributed by atoms with Gasteiger partial charge in [0.05, 0.1) is 15.4 Å². The summed E-state index contributed by atoms with van der Waals surface area (Å²) in [5.41, 5.74) is 3.54. The lowest BCUT2D eigenvalue weighted by Gasteiger charge is -2.51. The Labute approximate surface area is 175 Å². The Hall–Kier alpha value is -2.58. The maximum absolute atomic E-state index is 12.0. The largest absolute Gasteiger partial charge is 0.351 e. The van der Waals surface area contributed by atoms with Crippen LogP contribution in [0.25, 0.3) is 0 Å². The lowest BCUT2D eigenvalue weighted by atomic mass is 9.60. The van der Waals surface area contributed by atoms with Gasteiger partial charge in [-0.1, -0.05) is 80.4 Å².